The number of ether oxygens (including phenoxy) is 1. The first-order chi connectivity index (χ1) is 19.7. The lowest BCUT2D eigenvalue weighted by Gasteiger charge is -2.53. The van der Waals surface area contributed by atoms with Gasteiger partial charge in [-0.2, -0.15) is 0 Å². The van der Waals surface area contributed by atoms with Crippen molar-refractivity contribution in [2.75, 3.05) is 32.7 Å². The normalized spacial score (nSPS) is 24.7. The monoisotopic (exact) mass is 618 g/mol. The summed E-state index contributed by atoms with van der Waals surface area (Å²) in [5.41, 5.74) is 4.95. The van der Waals surface area contributed by atoms with Gasteiger partial charge in [-0.3, -0.25) is 14.6 Å². The number of benzene rings is 1. The maximum absolute atomic E-state index is 13.4. The fraction of sp³-hybridized carbons (Fsp3) is 0.500. The molecule has 6 rings (SSSR count). The zero-order valence-corrected chi connectivity index (χ0v) is 26.0. The molecule has 4 heterocycles. The van der Waals surface area contributed by atoms with Crippen LogP contribution < -0.4 is 4.74 Å². The number of piperidine rings is 1. The minimum atomic E-state index is 0.0157. The van der Waals surface area contributed by atoms with Crippen molar-refractivity contribution < 1.29 is 9.53 Å². The Labute approximate surface area is 251 Å². The minimum absolute atomic E-state index is 0.0157. The number of nitrogens with zero attached hydrogens (tertiary/aromatic N) is 6. The summed E-state index contributed by atoms with van der Waals surface area (Å²) >= 11 is 3.67. The lowest BCUT2D eigenvalue weighted by atomic mass is 9.86. The molecule has 1 unspecified atom stereocenters. The number of carbonyl (C=O) groups excluding carboxylic acids is 1. The highest BCUT2D eigenvalue weighted by molar-refractivity contribution is 9.10. The average molecular weight is 620 g/mol. The first-order valence-corrected chi connectivity index (χ1v) is 15.5. The van der Waals surface area contributed by atoms with Crippen LogP contribution in [0.15, 0.2) is 53.4 Å². The first kappa shape index (κ1) is 28.2. The van der Waals surface area contributed by atoms with Crippen LogP contribution in [0.5, 0.6) is 5.88 Å². The van der Waals surface area contributed by atoms with Crippen LogP contribution in [0.2, 0.25) is 0 Å². The summed E-state index contributed by atoms with van der Waals surface area (Å²) in [5, 5.41) is 0. The topological polar surface area (TPSA) is 74.7 Å². The molecule has 1 amide bonds. The van der Waals surface area contributed by atoms with Crippen molar-refractivity contribution in [3.05, 3.63) is 81.5 Å². The molecular weight excluding hydrogens is 580 g/mol. The van der Waals surface area contributed by atoms with Crippen LogP contribution in [0.4, 0.5) is 0 Å². The Balaban J connectivity index is 1.14. The third-order valence-corrected chi connectivity index (χ3v) is 9.97. The van der Waals surface area contributed by atoms with E-state index in [0.29, 0.717) is 17.5 Å². The number of amides is 1. The standard InChI is InChI=1S/C32H39BrN6O2/c1-21-19-38(32(4)10-13-37(14-11-32)31(40)29-22(2)35-20-36-23(29)3)15-16-39(21)30-26-9-8-25(33)17-24(26)18-27(30)41-28-7-5-6-12-34-28/h5-9,12,17,20-21,27,30H,10-11,13-16,18-19H2,1-4H3/t21-,27+,30?/m0/s1. The maximum Gasteiger partial charge on any atom is 0.257 e. The highest BCUT2D eigenvalue weighted by Crippen LogP contribution is 2.42. The van der Waals surface area contributed by atoms with E-state index in [4.69, 9.17) is 4.74 Å². The summed E-state index contributed by atoms with van der Waals surface area (Å²) in [6.07, 6.45) is 6.13. The van der Waals surface area contributed by atoms with Gasteiger partial charge >= 0.3 is 0 Å². The molecule has 3 atom stereocenters. The Bertz CT molecular complexity index is 1390. The molecule has 0 bridgehead atoms. The zero-order chi connectivity index (χ0) is 28.7. The minimum Gasteiger partial charge on any atom is -0.472 e. The van der Waals surface area contributed by atoms with Gasteiger partial charge in [-0.25, -0.2) is 15.0 Å². The number of pyridine rings is 1. The van der Waals surface area contributed by atoms with E-state index in [1.165, 1.54) is 17.5 Å². The molecule has 41 heavy (non-hydrogen) atoms. The SMILES string of the molecule is Cc1ncnc(C)c1C(=O)N1CCC(C)(N2CCN(C3c4ccc(Br)cc4C[C@H]3Oc3ccccn3)[C@@H](C)C2)CC1. The van der Waals surface area contributed by atoms with E-state index in [-0.39, 0.29) is 23.6 Å². The van der Waals surface area contributed by atoms with Crippen LogP contribution in [-0.2, 0) is 6.42 Å². The van der Waals surface area contributed by atoms with Crippen LogP contribution in [0, 0.1) is 13.8 Å². The Morgan fingerprint density at radius 2 is 1.78 bits per heavy atom. The highest BCUT2D eigenvalue weighted by Gasteiger charge is 2.45. The maximum atomic E-state index is 13.4. The molecule has 216 valence electrons. The summed E-state index contributed by atoms with van der Waals surface area (Å²) in [6, 6.07) is 13.1. The van der Waals surface area contributed by atoms with Crippen molar-refractivity contribution in [2.45, 2.75) is 70.7 Å². The first-order valence-electron chi connectivity index (χ1n) is 14.7. The van der Waals surface area contributed by atoms with Crippen LogP contribution >= 0.6 is 15.9 Å². The van der Waals surface area contributed by atoms with E-state index in [1.54, 1.807) is 6.20 Å². The summed E-state index contributed by atoms with van der Waals surface area (Å²) in [6.45, 7) is 13.0. The molecule has 3 aromatic rings. The van der Waals surface area contributed by atoms with Gasteiger partial charge < -0.3 is 9.64 Å². The summed E-state index contributed by atoms with van der Waals surface area (Å²) in [4.78, 5) is 33.7. The van der Waals surface area contributed by atoms with E-state index in [0.717, 1.165) is 67.8 Å². The molecule has 1 aliphatic carbocycles. The second kappa shape index (κ2) is 11.4. The molecule has 0 radical (unpaired) electrons. The summed E-state index contributed by atoms with van der Waals surface area (Å²) in [7, 11) is 0. The summed E-state index contributed by atoms with van der Waals surface area (Å²) < 4.78 is 7.64. The molecule has 0 N–H and O–H groups in total. The second-order valence-electron chi connectivity index (χ2n) is 12.1. The van der Waals surface area contributed by atoms with Crippen LogP contribution in [0.3, 0.4) is 0 Å². The highest BCUT2D eigenvalue weighted by atomic mass is 79.9. The molecule has 2 saturated heterocycles. The van der Waals surface area contributed by atoms with Crippen molar-refractivity contribution in [2.24, 2.45) is 0 Å². The number of aryl methyl sites for hydroxylation is 2. The van der Waals surface area contributed by atoms with Gasteiger partial charge in [0.05, 0.1) is 23.0 Å². The molecule has 2 aromatic heterocycles. The van der Waals surface area contributed by atoms with Gasteiger partial charge in [0.25, 0.3) is 5.91 Å². The van der Waals surface area contributed by atoms with Crippen molar-refractivity contribution >= 4 is 21.8 Å². The number of carbonyl (C=O) groups is 1. The van der Waals surface area contributed by atoms with Crippen LogP contribution in [-0.4, -0.2) is 86.0 Å². The quantitative estimate of drug-likeness (QED) is 0.398. The van der Waals surface area contributed by atoms with E-state index < -0.39 is 0 Å². The van der Waals surface area contributed by atoms with E-state index in [9.17, 15) is 4.79 Å². The number of fused-ring (bicyclic) bond motifs is 1. The lowest BCUT2D eigenvalue weighted by Crippen LogP contribution is -2.63. The third-order valence-electron chi connectivity index (χ3n) is 9.47. The molecular formula is C32H39BrN6O2. The van der Waals surface area contributed by atoms with Crippen LogP contribution in [0.1, 0.15) is 65.6 Å². The zero-order valence-electron chi connectivity index (χ0n) is 24.4. The molecule has 1 aromatic carbocycles. The predicted octanol–water partition coefficient (Wildman–Crippen LogP) is 5.00. The fourth-order valence-electron chi connectivity index (χ4n) is 7.08. The van der Waals surface area contributed by atoms with E-state index in [2.05, 4.69) is 72.7 Å². The number of hydrogen-bond donors (Lipinski definition) is 0. The number of aromatic nitrogens is 3. The Morgan fingerprint density at radius 3 is 2.46 bits per heavy atom. The Kier molecular flexibility index (Phi) is 7.87. The van der Waals surface area contributed by atoms with Crippen molar-refractivity contribution in [1.82, 2.24) is 29.7 Å². The van der Waals surface area contributed by atoms with E-state index in [1.807, 2.05) is 36.9 Å². The largest absolute Gasteiger partial charge is 0.472 e. The molecule has 0 spiro atoms. The van der Waals surface area contributed by atoms with Gasteiger partial charge in [0.1, 0.15) is 12.4 Å². The molecule has 9 heteroatoms. The molecule has 8 nitrogen and oxygen atoms in total. The van der Waals surface area contributed by atoms with Gasteiger partial charge in [-0.1, -0.05) is 28.1 Å². The van der Waals surface area contributed by atoms with Gasteiger partial charge in [-0.05, 0) is 69.9 Å². The van der Waals surface area contributed by atoms with Crippen molar-refractivity contribution in [1.29, 1.82) is 0 Å². The molecule has 0 saturated carbocycles. The summed E-state index contributed by atoms with van der Waals surface area (Å²) in [5.74, 6) is 0.744. The van der Waals surface area contributed by atoms with E-state index >= 15 is 0 Å². The van der Waals surface area contributed by atoms with Gasteiger partial charge in [0.15, 0.2) is 0 Å². The molecule has 2 fully saturated rings. The number of likely N-dealkylation sites (tertiary alicyclic amines) is 1. The Hall–Kier alpha value is -2.88. The number of piperazine rings is 1. The number of rotatable bonds is 5. The number of halogens is 1. The number of hydrogen-bond acceptors (Lipinski definition) is 7. The van der Waals surface area contributed by atoms with Crippen molar-refractivity contribution in [3.8, 4) is 5.88 Å². The average Bonchev–Trinajstić information content (AvgIpc) is 3.30. The Morgan fingerprint density at radius 1 is 1.02 bits per heavy atom. The van der Waals surface area contributed by atoms with Gasteiger partial charge in [0.2, 0.25) is 5.88 Å². The predicted molar refractivity (Wildman–Crippen MR) is 162 cm³/mol. The molecule has 2 aliphatic heterocycles. The third kappa shape index (κ3) is 5.51. The van der Waals surface area contributed by atoms with Crippen molar-refractivity contribution in [3.63, 3.8) is 0 Å². The smallest absolute Gasteiger partial charge is 0.257 e. The van der Waals surface area contributed by atoms with Gasteiger partial charge in [-0.15, -0.1) is 0 Å². The van der Waals surface area contributed by atoms with Gasteiger partial charge in [0, 0.05) is 67.5 Å². The lowest BCUT2D eigenvalue weighted by molar-refractivity contribution is -0.0455. The fourth-order valence-corrected chi connectivity index (χ4v) is 7.49. The van der Waals surface area contributed by atoms with Crippen LogP contribution in [0.25, 0.3) is 0 Å². The molecule has 3 aliphatic rings. The second-order valence-corrected chi connectivity index (χ2v) is 13.0.